The minimum atomic E-state index is -1.36. The number of pyridine rings is 2. The number of furan rings is 1. The highest BCUT2D eigenvalue weighted by Crippen LogP contribution is 2.54. The topological polar surface area (TPSA) is 46.6 Å². The molecule has 0 spiro atoms. The summed E-state index contributed by atoms with van der Waals surface area (Å²) in [6.07, 6.45) is 4.22. The van der Waals surface area contributed by atoms with Crippen molar-refractivity contribution in [1.82, 2.24) is 14.4 Å². The minimum absolute atomic E-state index is 0.337. The van der Waals surface area contributed by atoms with E-state index in [1.165, 1.54) is 0 Å². The zero-order valence-electron chi connectivity index (χ0n) is 26.4. The van der Waals surface area contributed by atoms with Gasteiger partial charge in [-0.2, -0.15) is 0 Å². The Labute approximate surface area is 275 Å². The number of nitrogens with zero attached hydrogens (tertiary/aromatic N) is 4. The Morgan fingerprint density at radius 1 is 0.667 bits per heavy atom. The van der Waals surface area contributed by atoms with Crippen LogP contribution in [0.1, 0.15) is 42.3 Å². The number of aromatic nitrogens is 3. The summed E-state index contributed by atoms with van der Waals surface area (Å²) in [5.41, 5.74) is 8.31. The molecule has 0 radical (unpaired) electrons. The van der Waals surface area contributed by atoms with Crippen LogP contribution >= 0.6 is 0 Å². The molecule has 0 amide bonds. The second-order valence-corrected chi connectivity index (χ2v) is 13.2. The quantitative estimate of drug-likeness (QED) is 0.184. The van der Waals surface area contributed by atoms with Crippen molar-refractivity contribution in [3.63, 3.8) is 0 Å². The normalized spacial score (nSPS) is 14.6. The molecular weight excluding hydrogens is 595 g/mol. The van der Waals surface area contributed by atoms with Crippen molar-refractivity contribution in [2.45, 2.75) is 25.4 Å². The van der Waals surface area contributed by atoms with Crippen LogP contribution in [-0.2, 0) is 5.41 Å². The van der Waals surface area contributed by atoms with Gasteiger partial charge in [0.1, 0.15) is 17.0 Å². The SMILES string of the molecule is CC1(C)c2cccnc2N(c2cccc(C(F)c3ccc4c5ccccc5n5ccnc5c4c3)c2)c2c1ccc1c2oc2ccccc21. The maximum absolute atomic E-state index is 16.8. The fourth-order valence-electron chi connectivity index (χ4n) is 7.83. The number of anilines is 3. The molecule has 10 rings (SSSR count). The van der Waals surface area contributed by atoms with Crippen LogP contribution in [0.15, 0.2) is 138 Å². The number of rotatable bonds is 3. The number of para-hydroxylation sites is 2. The van der Waals surface area contributed by atoms with Crippen LogP contribution in [0, 0.1) is 0 Å². The first-order valence-corrected chi connectivity index (χ1v) is 16.2. The summed E-state index contributed by atoms with van der Waals surface area (Å²) in [4.78, 5) is 11.7. The molecule has 48 heavy (non-hydrogen) atoms. The van der Waals surface area contributed by atoms with E-state index >= 15 is 4.39 Å². The second kappa shape index (κ2) is 9.75. The van der Waals surface area contributed by atoms with E-state index in [4.69, 9.17) is 9.40 Å². The Hall–Kier alpha value is -6.01. The molecule has 5 nitrogen and oxygen atoms in total. The lowest BCUT2D eigenvalue weighted by Crippen LogP contribution is -2.31. The monoisotopic (exact) mass is 624 g/mol. The van der Waals surface area contributed by atoms with Gasteiger partial charge in [0.2, 0.25) is 0 Å². The molecule has 1 atom stereocenters. The fraction of sp³-hybridized carbons (Fsp3) is 0.0952. The van der Waals surface area contributed by atoms with Crippen LogP contribution < -0.4 is 4.90 Å². The van der Waals surface area contributed by atoms with E-state index in [0.717, 1.165) is 77.6 Å². The highest BCUT2D eigenvalue weighted by molar-refractivity contribution is 6.13. The summed E-state index contributed by atoms with van der Waals surface area (Å²) in [6.45, 7) is 4.46. The van der Waals surface area contributed by atoms with Crippen LogP contribution in [0.25, 0.3) is 49.3 Å². The highest BCUT2D eigenvalue weighted by Gasteiger charge is 2.40. The van der Waals surface area contributed by atoms with Gasteiger partial charge < -0.3 is 4.42 Å². The molecule has 6 heteroatoms. The number of halogens is 1. The van der Waals surface area contributed by atoms with Crippen LogP contribution in [0.3, 0.4) is 0 Å². The van der Waals surface area contributed by atoms with Crippen molar-refractivity contribution < 1.29 is 8.81 Å². The molecular formula is C42H29FN4O. The van der Waals surface area contributed by atoms with Crippen molar-refractivity contribution in [1.29, 1.82) is 0 Å². The molecule has 1 unspecified atom stereocenters. The molecule has 9 aromatic rings. The van der Waals surface area contributed by atoms with Gasteiger partial charge in [-0.3, -0.25) is 9.30 Å². The van der Waals surface area contributed by atoms with Gasteiger partial charge in [-0.1, -0.05) is 92.7 Å². The predicted molar refractivity (Wildman–Crippen MR) is 191 cm³/mol. The van der Waals surface area contributed by atoms with Crippen LogP contribution in [0.5, 0.6) is 0 Å². The third kappa shape index (κ3) is 3.65. The van der Waals surface area contributed by atoms with Crippen molar-refractivity contribution in [3.05, 3.63) is 156 Å². The average molecular weight is 625 g/mol. The molecule has 0 bridgehead atoms. The van der Waals surface area contributed by atoms with Gasteiger partial charge in [0.25, 0.3) is 0 Å². The molecule has 1 aliphatic heterocycles. The van der Waals surface area contributed by atoms with Gasteiger partial charge in [0, 0.05) is 56.8 Å². The van der Waals surface area contributed by atoms with E-state index in [2.05, 4.69) is 64.5 Å². The summed E-state index contributed by atoms with van der Waals surface area (Å²) in [5, 5.41) is 5.19. The van der Waals surface area contributed by atoms with E-state index in [-0.39, 0.29) is 5.41 Å². The predicted octanol–water partition coefficient (Wildman–Crippen LogP) is 11.1. The Balaban J connectivity index is 1.16. The van der Waals surface area contributed by atoms with Gasteiger partial charge in [-0.25, -0.2) is 14.4 Å². The zero-order valence-corrected chi connectivity index (χ0v) is 26.4. The Bertz CT molecular complexity index is 2760. The molecule has 0 N–H and O–H groups in total. The first-order chi connectivity index (χ1) is 23.5. The van der Waals surface area contributed by atoms with Crippen molar-refractivity contribution in [3.8, 4) is 0 Å². The van der Waals surface area contributed by atoms with Gasteiger partial charge in [-0.05, 0) is 58.5 Å². The van der Waals surface area contributed by atoms with E-state index in [9.17, 15) is 0 Å². The van der Waals surface area contributed by atoms with Crippen molar-refractivity contribution >= 4 is 66.5 Å². The fourth-order valence-corrected chi connectivity index (χ4v) is 7.83. The standard InChI is InChI=1S/C42H29FN4O/c1-42(2)33-19-18-31-30-12-4-6-15-36(30)48-39(31)38(33)47(41-34(42)13-8-20-44-41)27-10-7-9-25(23-27)37(43)26-16-17-28-29-11-3-5-14-35(29)46-22-21-45-40(46)32(28)24-26/h3-24,37H,1-2H3. The average Bonchev–Trinajstić information content (AvgIpc) is 3.78. The van der Waals surface area contributed by atoms with Gasteiger partial charge in [0.15, 0.2) is 11.8 Å². The molecule has 5 heterocycles. The molecule has 1 aliphatic rings. The van der Waals surface area contributed by atoms with Crippen LogP contribution in [0.4, 0.5) is 21.6 Å². The number of alkyl halides is 1. The zero-order chi connectivity index (χ0) is 32.1. The van der Waals surface area contributed by atoms with E-state index < -0.39 is 6.17 Å². The summed E-state index contributed by atoms with van der Waals surface area (Å²) >= 11 is 0. The number of fused-ring (bicyclic) bond motifs is 12. The maximum Gasteiger partial charge on any atom is 0.159 e. The first-order valence-electron chi connectivity index (χ1n) is 16.2. The molecule has 0 saturated carbocycles. The Morgan fingerprint density at radius 3 is 2.40 bits per heavy atom. The molecule has 230 valence electrons. The summed E-state index contributed by atoms with van der Waals surface area (Å²) in [6, 6.07) is 38.5. The smallest absolute Gasteiger partial charge is 0.159 e. The molecule has 0 aliphatic carbocycles. The summed E-state index contributed by atoms with van der Waals surface area (Å²) in [5.74, 6) is 0.815. The molecule has 0 fully saturated rings. The first kappa shape index (κ1) is 27.1. The third-order valence-corrected chi connectivity index (χ3v) is 10.2. The molecule has 5 aromatic carbocycles. The van der Waals surface area contributed by atoms with Crippen molar-refractivity contribution in [2.75, 3.05) is 4.90 Å². The van der Waals surface area contributed by atoms with Gasteiger partial charge in [0.05, 0.1) is 11.2 Å². The lowest BCUT2D eigenvalue weighted by molar-refractivity contribution is 0.402. The lowest BCUT2D eigenvalue weighted by Gasteiger charge is -2.40. The molecule has 4 aromatic heterocycles. The van der Waals surface area contributed by atoms with Crippen LogP contribution in [0.2, 0.25) is 0 Å². The minimum Gasteiger partial charge on any atom is -0.454 e. The Kier molecular flexibility index (Phi) is 5.51. The van der Waals surface area contributed by atoms with E-state index in [1.54, 1.807) is 6.20 Å². The van der Waals surface area contributed by atoms with E-state index in [0.29, 0.717) is 11.1 Å². The van der Waals surface area contributed by atoms with Crippen LogP contribution in [-0.4, -0.2) is 14.4 Å². The number of hydrogen-bond acceptors (Lipinski definition) is 4. The lowest BCUT2D eigenvalue weighted by atomic mass is 9.74. The number of imidazole rings is 1. The molecule has 0 saturated heterocycles. The summed E-state index contributed by atoms with van der Waals surface area (Å²) < 4.78 is 25.5. The maximum atomic E-state index is 16.8. The highest BCUT2D eigenvalue weighted by atomic mass is 19.1. The second-order valence-electron chi connectivity index (χ2n) is 13.2. The largest absolute Gasteiger partial charge is 0.454 e. The number of benzene rings is 5. The Morgan fingerprint density at radius 2 is 1.48 bits per heavy atom. The van der Waals surface area contributed by atoms with E-state index in [1.807, 2.05) is 91.3 Å². The van der Waals surface area contributed by atoms with Gasteiger partial charge in [-0.15, -0.1) is 0 Å². The third-order valence-electron chi connectivity index (χ3n) is 10.2. The van der Waals surface area contributed by atoms with Gasteiger partial charge >= 0.3 is 0 Å². The summed E-state index contributed by atoms with van der Waals surface area (Å²) in [7, 11) is 0. The van der Waals surface area contributed by atoms with Crippen molar-refractivity contribution in [2.24, 2.45) is 0 Å². The number of hydrogen-bond donors (Lipinski definition) is 0.